The summed E-state index contributed by atoms with van der Waals surface area (Å²) in [4.78, 5) is 11.1. The van der Waals surface area contributed by atoms with E-state index in [1.165, 1.54) is 0 Å². The number of ether oxygens (including phenoxy) is 1. The largest absolute Gasteiger partial charge is 0.465 e. The smallest absolute Gasteiger partial charge is 0.326 e. The second-order valence-electron chi connectivity index (χ2n) is 2.62. The molecule has 0 N–H and O–H groups in total. The SMILES string of the molecule is CCOC(=O)Cn1ccn(C)c1=S. The molecule has 0 saturated carbocycles. The molecule has 0 spiro atoms. The van der Waals surface area contributed by atoms with Crippen LogP contribution >= 0.6 is 12.2 Å². The number of hydrogen-bond donors (Lipinski definition) is 0. The summed E-state index contributed by atoms with van der Waals surface area (Å²) in [7, 11) is 1.84. The van der Waals surface area contributed by atoms with Gasteiger partial charge < -0.3 is 13.9 Å². The molecule has 0 fully saturated rings. The summed E-state index contributed by atoms with van der Waals surface area (Å²) < 4.78 is 8.86. The van der Waals surface area contributed by atoms with Crippen molar-refractivity contribution >= 4 is 18.2 Å². The highest BCUT2D eigenvalue weighted by molar-refractivity contribution is 7.71. The number of carbonyl (C=O) groups is 1. The Bertz CT molecular complexity index is 353. The van der Waals surface area contributed by atoms with Gasteiger partial charge in [0.2, 0.25) is 0 Å². The van der Waals surface area contributed by atoms with Gasteiger partial charge in [0.15, 0.2) is 4.77 Å². The average Bonchev–Trinajstić information content (AvgIpc) is 2.37. The summed E-state index contributed by atoms with van der Waals surface area (Å²) in [5.74, 6) is -0.259. The van der Waals surface area contributed by atoms with Crippen LogP contribution in [0, 0.1) is 4.77 Å². The molecule has 0 aliphatic rings. The van der Waals surface area contributed by atoms with Crippen LogP contribution in [0.5, 0.6) is 0 Å². The lowest BCUT2D eigenvalue weighted by molar-refractivity contribution is -0.143. The highest BCUT2D eigenvalue weighted by Crippen LogP contribution is 1.95. The van der Waals surface area contributed by atoms with E-state index in [9.17, 15) is 4.79 Å². The van der Waals surface area contributed by atoms with E-state index in [2.05, 4.69) is 0 Å². The lowest BCUT2D eigenvalue weighted by Crippen LogP contribution is -2.13. The molecule has 1 aromatic heterocycles. The first-order valence-electron chi connectivity index (χ1n) is 4.02. The molecule has 1 heterocycles. The zero-order valence-electron chi connectivity index (χ0n) is 7.69. The summed E-state index contributed by atoms with van der Waals surface area (Å²) in [5, 5.41) is 0. The Kier molecular flexibility index (Phi) is 3.25. The molecule has 0 saturated heterocycles. The van der Waals surface area contributed by atoms with Crippen LogP contribution in [0.25, 0.3) is 0 Å². The molecule has 4 nitrogen and oxygen atoms in total. The molecule has 1 aromatic rings. The Morgan fingerprint density at radius 3 is 2.77 bits per heavy atom. The molecule has 0 atom stereocenters. The van der Waals surface area contributed by atoms with Crippen molar-refractivity contribution in [2.24, 2.45) is 7.05 Å². The summed E-state index contributed by atoms with van der Waals surface area (Å²) in [6.07, 6.45) is 3.57. The Hall–Kier alpha value is -1.10. The third-order valence-electron chi connectivity index (χ3n) is 1.62. The number of esters is 1. The van der Waals surface area contributed by atoms with Crippen LogP contribution in [-0.4, -0.2) is 21.7 Å². The van der Waals surface area contributed by atoms with Gasteiger partial charge in [-0.1, -0.05) is 0 Å². The summed E-state index contributed by atoms with van der Waals surface area (Å²) >= 11 is 5.05. The van der Waals surface area contributed by atoms with Gasteiger partial charge in [-0.3, -0.25) is 4.79 Å². The van der Waals surface area contributed by atoms with E-state index < -0.39 is 0 Å². The first-order chi connectivity index (χ1) is 6.15. The fraction of sp³-hybridized carbons (Fsp3) is 0.500. The van der Waals surface area contributed by atoms with Gasteiger partial charge in [-0.05, 0) is 19.1 Å². The van der Waals surface area contributed by atoms with E-state index >= 15 is 0 Å². The van der Waals surface area contributed by atoms with Crippen LogP contribution in [0.3, 0.4) is 0 Å². The maximum atomic E-state index is 11.1. The lowest BCUT2D eigenvalue weighted by Gasteiger charge is -2.01. The number of aromatic nitrogens is 2. The van der Waals surface area contributed by atoms with Gasteiger partial charge in [0.25, 0.3) is 0 Å². The molecule has 0 radical (unpaired) electrons. The molecule has 1 rings (SSSR count). The molecule has 13 heavy (non-hydrogen) atoms. The number of carbonyl (C=O) groups excluding carboxylic acids is 1. The predicted molar refractivity (Wildman–Crippen MR) is 50.9 cm³/mol. The molecule has 0 aliphatic heterocycles. The highest BCUT2D eigenvalue weighted by atomic mass is 32.1. The second-order valence-corrected chi connectivity index (χ2v) is 2.99. The Labute approximate surface area is 81.7 Å². The van der Waals surface area contributed by atoms with E-state index in [0.717, 1.165) is 0 Å². The minimum absolute atomic E-state index is 0.188. The molecule has 0 amide bonds. The molecule has 72 valence electrons. The monoisotopic (exact) mass is 200 g/mol. The van der Waals surface area contributed by atoms with Crippen molar-refractivity contribution < 1.29 is 9.53 Å². The van der Waals surface area contributed by atoms with E-state index in [1.54, 1.807) is 22.3 Å². The van der Waals surface area contributed by atoms with Crippen molar-refractivity contribution in [2.45, 2.75) is 13.5 Å². The van der Waals surface area contributed by atoms with Crippen LogP contribution in [-0.2, 0) is 23.1 Å². The fourth-order valence-electron chi connectivity index (χ4n) is 0.977. The van der Waals surface area contributed by atoms with Crippen LogP contribution in [0.1, 0.15) is 6.92 Å². The molecule has 5 heteroatoms. The van der Waals surface area contributed by atoms with Crippen LogP contribution in [0.15, 0.2) is 12.4 Å². The van der Waals surface area contributed by atoms with Gasteiger partial charge in [-0.15, -0.1) is 0 Å². The topological polar surface area (TPSA) is 36.2 Å². The van der Waals surface area contributed by atoms with Crippen LogP contribution in [0.4, 0.5) is 0 Å². The van der Waals surface area contributed by atoms with Gasteiger partial charge in [0, 0.05) is 19.4 Å². The fourth-order valence-corrected chi connectivity index (χ4v) is 1.16. The zero-order chi connectivity index (χ0) is 9.84. The van der Waals surface area contributed by atoms with Gasteiger partial charge in [0.1, 0.15) is 6.54 Å². The summed E-state index contributed by atoms with van der Waals surface area (Å²) in [5.41, 5.74) is 0. The minimum atomic E-state index is -0.259. The second kappa shape index (κ2) is 4.23. The third-order valence-corrected chi connectivity index (χ3v) is 2.14. The van der Waals surface area contributed by atoms with E-state index in [1.807, 2.05) is 13.2 Å². The van der Waals surface area contributed by atoms with Gasteiger partial charge in [-0.25, -0.2) is 0 Å². The number of nitrogens with zero attached hydrogens (tertiary/aromatic N) is 2. The summed E-state index contributed by atoms with van der Waals surface area (Å²) in [6.45, 7) is 2.37. The Balaban J connectivity index is 2.69. The molecular formula is C8H12N2O2S. The number of hydrogen-bond acceptors (Lipinski definition) is 3. The van der Waals surface area contributed by atoms with Gasteiger partial charge in [0.05, 0.1) is 6.61 Å². The summed E-state index contributed by atoms with van der Waals surface area (Å²) in [6, 6.07) is 0. The quantitative estimate of drug-likeness (QED) is 0.542. The van der Waals surface area contributed by atoms with E-state index in [-0.39, 0.29) is 12.5 Å². The molecular weight excluding hydrogens is 188 g/mol. The van der Waals surface area contributed by atoms with Crippen molar-refractivity contribution in [2.75, 3.05) is 6.61 Å². The zero-order valence-corrected chi connectivity index (χ0v) is 8.50. The standard InChI is InChI=1S/C8H12N2O2S/c1-3-12-7(11)6-10-5-4-9(2)8(10)13/h4-5H,3,6H2,1-2H3. The van der Waals surface area contributed by atoms with E-state index in [4.69, 9.17) is 17.0 Å². The maximum absolute atomic E-state index is 11.1. The lowest BCUT2D eigenvalue weighted by atomic mass is 10.6. The normalized spacial score (nSPS) is 10.0. The first kappa shape index (κ1) is 9.98. The Morgan fingerprint density at radius 2 is 2.31 bits per heavy atom. The highest BCUT2D eigenvalue weighted by Gasteiger charge is 2.03. The van der Waals surface area contributed by atoms with Gasteiger partial charge in [-0.2, -0.15) is 0 Å². The Morgan fingerprint density at radius 1 is 1.62 bits per heavy atom. The number of rotatable bonds is 3. The van der Waals surface area contributed by atoms with Crippen molar-refractivity contribution in [3.8, 4) is 0 Å². The number of aryl methyl sites for hydroxylation is 1. The maximum Gasteiger partial charge on any atom is 0.326 e. The van der Waals surface area contributed by atoms with Crippen molar-refractivity contribution in [1.29, 1.82) is 0 Å². The third kappa shape index (κ3) is 2.42. The van der Waals surface area contributed by atoms with Crippen LogP contribution < -0.4 is 0 Å². The van der Waals surface area contributed by atoms with Crippen molar-refractivity contribution in [3.05, 3.63) is 17.2 Å². The molecule has 0 bridgehead atoms. The first-order valence-corrected chi connectivity index (χ1v) is 4.43. The van der Waals surface area contributed by atoms with Crippen molar-refractivity contribution in [1.82, 2.24) is 9.13 Å². The predicted octanol–water partition coefficient (Wildman–Crippen LogP) is 1.12. The number of imidazole rings is 1. The van der Waals surface area contributed by atoms with Gasteiger partial charge >= 0.3 is 5.97 Å². The average molecular weight is 200 g/mol. The molecule has 0 aromatic carbocycles. The van der Waals surface area contributed by atoms with E-state index in [0.29, 0.717) is 11.4 Å². The van der Waals surface area contributed by atoms with Crippen LogP contribution in [0.2, 0.25) is 0 Å². The minimum Gasteiger partial charge on any atom is -0.465 e. The molecule has 0 aliphatic carbocycles. The van der Waals surface area contributed by atoms with Crippen molar-refractivity contribution in [3.63, 3.8) is 0 Å². The molecule has 0 unspecified atom stereocenters.